The van der Waals surface area contributed by atoms with Gasteiger partial charge in [0.25, 0.3) is 0 Å². The van der Waals surface area contributed by atoms with Crippen molar-refractivity contribution in [2.45, 2.75) is 34.1 Å². The van der Waals surface area contributed by atoms with Crippen LogP contribution in [0.25, 0.3) is 0 Å². The van der Waals surface area contributed by atoms with Gasteiger partial charge in [0, 0.05) is 51.2 Å². The van der Waals surface area contributed by atoms with Crippen LogP contribution in [0, 0.1) is 10.8 Å². The van der Waals surface area contributed by atoms with E-state index in [1.165, 1.54) is 11.3 Å². The third-order valence-electron chi connectivity index (χ3n) is 4.14. The SMILES string of the molecule is CC/C(=C\N=C(/C)C(C)C)CN1CCN(CCN=O)CC1. The lowest BCUT2D eigenvalue weighted by Crippen LogP contribution is -2.47. The molecule has 0 aliphatic carbocycles. The van der Waals surface area contributed by atoms with E-state index in [0.717, 1.165) is 45.7 Å². The van der Waals surface area contributed by atoms with Crippen LogP contribution in [0.1, 0.15) is 34.1 Å². The lowest BCUT2D eigenvalue weighted by atomic mass is 10.1. The molecular weight excluding hydrogens is 264 g/mol. The van der Waals surface area contributed by atoms with Crippen molar-refractivity contribution in [2.24, 2.45) is 16.1 Å². The minimum atomic E-state index is 0.406. The molecule has 21 heavy (non-hydrogen) atoms. The molecule has 0 aromatic carbocycles. The van der Waals surface area contributed by atoms with Gasteiger partial charge >= 0.3 is 0 Å². The maximum Gasteiger partial charge on any atom is 0.0938 e. The van der Waals surface area contributed by atoms with Crippen molar-refractivity contribution in [3.05, 3.63) is 16.7 Å². The van der Waals surface area contributed by atoms with Crippen molar-refractivity contribution in [1.29, 1.82) is 0 Å². The molecule has 0 bridgehead atoms. The summed E-state index contributed by atoms with van der Waals surface area (Å²) in [5.41, 5.74) is 2.57. The molecule has 120 valence electrons. The fourth-order valence-electron chi connectivity index (χ4n) is 2.23. The van der Waals surface area contributed by atoms with Crippen LogP contribution in [-0.2, 0) is 0 Å². The summed E-state index contributed by atoms with van der Waals surface area (Å²) in [6, 6.07) is 0. The van der Waals surface area contributed by atoms with Crippen molar-refractivity contribution >= 4 is 5.71 Å². The molecule has 1 rings (SSSR count). The molecule has 0 saturated carbocycles. The molecule has 0 unspecified atom stereocenters. The van der Waals surface area contributed by atoms with E-state index in [0.29, 0.717) is 12.5 Å². The van der Waals surface area contributed by atoms with Gasteiger partial charge < -0.3 is 0 Å². The number of nitroso groups, excluding NO2 is 1. The van der Waals surface area contributed by atoms with E-state index in [4.69, 9.17) is 0 Å². The van der Waals surface area contributed by atoms with Crippen LogP contribution >= 0.6 is 0 Å². The summed E-state index contributed by atoms with van der Waals surface area (Å²) >= 11 is 0. The number of hydrogen-bond acceptors (Lipinski definition) is 5. The Morgan fingerprint density at radius 3 is 2.33 bits per heavy atom. The lowest BCUT2D eigenvalue weighted by molar-refractivity contribution is 0.143. The highest BCUT2D eigenvalue weighted by atomic mass is 16.3. The highest BCUT2D eigenvalue weighted by Gasteiger charge is 2.16. The van der Waals surface area contributed by atoms with Crippen LogP contribution in [0.2, 0.25) is 0 Å². The first-order chi connectivity index (χ1) is 10.1. The molecule has 0 aromatic rings. The molecule has 5 nitrogen and oxygen atoms in total. The van der Waals surface area contributed by atoms with Crippen LogP contribution in [0.15, 0.2) is 21.9 Å². The van der Waals surface area contributed by atoms with Crippen molar-refractivity contribution in [1.82, 2.24) is 9.80 Å². The highest BCUT2D eigenvalue weighted by molar-refractivity contribution is 5.84. The first-order valence-electron chi connectivity index (χ1n) is 8.02. The Labute approximate surface area is 129 Å². The Morgan fingerprint density at radius 1 is 1.19 bits per heavy atom. The molecule has 1 aliphatic rings. The first kappa shape index (κ1) is 18.0. The molecule has 5 heteroatoms. The molecule has 0 amide bonds. The van der Waals surface area contributed by atoms with E-state index in [1.54, 1.807) is 0 Å². The van der Waals surface area contributed by atoms with Crippen LogP contribution in [0.5, 0.6) is 0 Å². The predicted molar refractivity (Wildman–Crippen MR) is 89.9 cm³/mol. The van der Waals surface area contributed by atoms with Gasteiger partial charge in [-0.05, 0) is 24.8 Å². The quantitative estimate of drug-likeness (QED) is 0.511. The summed E-state index contributed by atoms with van der Waals surface area (Å²) in [7, 11) is 0. The lowest BCUT2D eigenvalue weighted by Gasteiger charge is -2.34. The van der Waals surface area contributed by atoms with Crippen molar-refractivity contribution < 1.29 is 0 Å². The minimum absolute atomic E-state index is 0.406. The first-order valence-corrected chi connectivity index (χ1v) is 8.02. The molecule has 1 aliphatic heterocycles. The Kier molecular flexibility index (Phi) is 8.38. The van der Waals surface area contributed by atoms with Gasteiger partial charge in [-0.15, -0.1) is 0 Å². The van der Waals surface area contributed by atoms with E-state index >= 15 is 0 Å². The number of aliphatic imine (C=N–C) groups is 1. The zero-order valence-electron chi connectivity index (χ0n) is 14.0. The molecule has 0 radical (unpaired) electrons. The molecule has 0 N–H and O–H groups in total. The number of hydrogen-bond donors (Lipinski definition) is 0. The van der Waals surface area contributed by atoms with E-state index in [9.17, 15) is 4.91 Å². The number of nitrogens with zero attached hydrogens (tertiary/aromatic N) is 4. The van der Waals surface area contributed by atoms with Crippen molar-refractivity contribution in [3.8, 4) is 0 Å². The van der Waals surface area contributed by atoms with Gasteiger partial charge in [0.2, 0.25) is 0 Å². The number of rotatable bonds is 8. The summed E-state index contributed by atoms with van der Waals surface area (Å²) in [6.45, 7) is 15.0. The third kappa shape index (κ3) is 6.96. The van der Waals surface area contributed by atoms with Crippen LogP contribution < -0.4 is 0 Å². The van der Waals surface area contributed by atoms with Gasteiger partial charge in [0.05, 0.1) is 6.54 Å². The van der Waals surface area contributed by atoms with Crippen LogP contribution in [0.4, 0.5) is 0 Å². The third-order valence-corrected chi connectivity index (χ3v) is 4.14. The Balaban J connectivity index is 2.43. The normalized spacial score (nSPS) is 19.3. The Bertz CT molecular complexity index is 368. The molecule has 0 atom stereocenters. The molecule has 0 aromatic heterocycles. The smallest absolute Gasteiger partial charge is 0.0938 e. The van der Waals surface area contributed by atoms with Crippen molar-refractivity contribution in [3.63, 3.8) is 0 Å². The van der Waals surface area contributed by atoms with E-state index in [2.05, 4.69) is 53.9 Å². The second-order valence-corrected chi connectivity index (χ2v) is 6.04. The van der Waals surface area contributed by atoms with Gasteiger partial charge in [-0.3, -0.25) is 14.8 Å². The number of piperazine rings is 1. The maximum absolute atomic E-state index is 10.2. The summed E-state index contributed by atoms with van der Waals surface area (Å²) in [5, 5.41) is 2.94. The monoisotopic (exact) mass is 294 g/mol. The average molecular weight is 294 g/mol. The fraction of sp³-hybridized carbons (Fsp3) is 0.812. The fourth-order valence-corrected chi connectivity index (χ4v) is 2.23. The zero-order valence-corrected chi connectivity index (χ0v) is 14.0. The second kappa shape index (κ2) is 9.79. The van der Waals surface area contributed by atoms with Gasteiger partial charge in [-0.25, -0.2) is 0 Å². The Morgan fingerprint density at radius 2 is 1.81 bits per heavy atom. The summed E-state index contributed by atoms with van der Waals surface area (Å²) in [4.78, 5) is 19.5. The van der Waals surface area contributed by atoms with Crippen molar-refractivity contribution in [2.75, 3.05) is 45.8 Å². The molecule has 1 saturated heterocycles. The zero-order chi connectivity index (χ0) is 15.7. The van der Waals surface area contributed by atoms with E-state index in [-0.39, 0.29) is 0 Å². The molecule has 1 heterocycles. The maximum atomic E-state index is 10.2. The average Bonchev–Trinajstić information content (AvgIpc) is 2.50. The van der Waals surface area contributed by atoms with Gasteiger partial charge in [0.15, 0.2) is 0 Å². The second-order valence-electron chi connectivity index (χ2n) is 6.04. The van der Waals surface area contributed by atoms with Gasteiger partial charge in [0.1, 0.15) is 0 Å². The summed E-state index contributed by atoms with van der Waals surface area (Å²) in [6.07, 6.45) is 3.10. The minimum Gasteiger partial charge on any atom is -0.299 e. The predicted octanol–water partition coefficient (Wildman–Crippen LogP) is 2.78. The Hall–Kier alpha value is -1.07. The summed E-state index contributed by atoms with van der Waals surface area (Å²) < 4.78 is 0. The molecule has 1 fully saturated rings. The van der Waals surface area contributed by atoms with E-state index < -0.39 is 0 Å². The topological polar surface area (TPSA) is 48.3 Å². The standard InChI is InChI=1S/C16H30N4O/c1-5-16(12-17-15(4)14(2)3)13-20-10-8-19(9-11-20)7-6-18-21/h12,14H,5-11,13H2,1-4H3/b16-12+,17-15+. The largest absolute Gasteiger partial charge is 0.299 e. The van der Waals surface area contributed by atoms with Crippen LogP contribution in [-0.4, -0.2) is 61.3 Å². The van der Waals surface area contributed by atoms with Crippen LogP contribution in [0.3, 0.4) is 0 Å². The summed E-state index contributed by atoms with van der Waals surface area (Å²) in [5.74, 6) is 0.509. The van der Waals surface area contributed by atoms with E-state index in [1.807, 2.05) is 0 Å². The van der Waals surface area contributed by atoms with Gasteiger partial charge in [-0.2, -0.15) is 4.91 Å². The van der Waals surface area contributed by atoms with Gasteiger partial charge in [-0.1, -0.05) is 25.9 Å². The molecular formula is C16H30N4O. The molecule has 0 spiro atoms. The highest BCUT2D eigenvalue weighted by Crippen LogP contribution is 2.09.